The monoisotopic (exact) mass is 278 g/mol. The molecule has 0 atom stereocenters. The molecule has 0 radical (unpaired) electrons. The van der Waals surface area contributed by atoms with Crippen LogP contribution in [0.5, 0.6) is 11.5 Å². The molecule has 0 bridgehead atoms. The molecule has 0 saturated heterocycles. The first-order valence-corrected chi connectivity index (χ1v) is 6.15. The first-order chi connectivity index (χ1) is 9.53. The maximum Gasteiger partial charge on any atom is 0.341 e. The number of carbonyl (C=O) groups is 2. The number of rotatable bonds is 6. The highest BCUT2D eigenvalue weighted by atomic mass is 16.5. The summed E-state index contributed by atoms with van der Waals surface area (Å²) in [7, 11) is 3.05. The highest BCUT2D eigenvalue weighted by molar-refractivity contribution is 6.19. The lowest BCUT2D eigenvalue weighted by atomic mass is 10.1. The van der Waals surface area contributed by atoms with E-state index in [-0.39, 0.29) is 18.0 Å². The third-order valence-corrected chi connectivity index (χ3v) is 2.61. The zero-order valence-corrected chi connectivity index (χ0v) is 12.1. The van der Waals surface area contributed by atoms with Crippen LogP contribution in [-0.4, -0.2) is 32.6 Å². The minimum Gasteiger partial charge on any atom is -0.497 e. The average molecular weight is 278 g/mol. The van der Waals surface area contributed by atoms with E-state index in [1.165, 1.54) is 27.2 Å². The number of methoxy groups -OCH3 is 2. The molecule has 1 aromatic carbocycles. The minimum absolute atomic E-state index is 0.0293. The van der Waals surface area contributed by atoms with Gasteiger partial charge in [-0.2, -0.15) is 0 Å². The van der Waals surface area contributed by atoms with Gasteiger partial charge in [0.1, 0.15) is 17.1 Å². The fourth-order valence-corrected chi connectivity index (χ4v) is 1.62. The molecule has 20 heavy (non-hydrogen) atoms. The molecule has 0 aliphatic rings. The minimum atomic E-state index is -0.648. The maximum atomic E-state index is 11.8. The van der Waals surface area contributed by atoms with Crippen LogP contribution in [0.2, 0.25) is 0 Å². The zero-order chi connectivity index (χ0) is 15.1. The summed E-state index contributed by atoms with van der Waals surface area (Å²) in [6, 6.07) is 5.11. The second-order valence-electron chi connectivity index (χ2n) is 3.94. The topological polar surface area (TPSA) is 61.8 Å². The normalized spacial score (nSPS) is 10.9. The number of ketones is 1. The van der Waals surface area contributed by atoms with Crippen molar-refractivity contribution in [3.63, 3.8) is 0 Å². The van der Waals surface area contributed by atoms with Crippen molar-refractivity contribution in [2.75, 3.05) is 20.8 Å². The smallest absolute Gasteiger partial charge is 0.341 e. The standard InChI is InChI=1S/C15H18O5/c1-5-20-15(17)13(10(2)16)9-11-8-12(18-3)6-7-14(11)19-4/h6-9H,5H2,1-4H3/b13-9-. The molecule has 0 amide bonds. The van der Waals surface area contributed by atoms with E-state index in [4.69, 9.17) is 14.2 Å². The summed E-state index contributed by atoms with van der Waals surface area (Å²) in [5.41, 5.74) is 0.545. The summed E-state index contributed by atoms with van der Waals surface area (Å²) in [5.74, 6) is 0.121. The third-order valence-electron chi connectivity index (χ3n) is 2.61. The van der Waals surface area contributed by atoms with Gasteiger partial charge in [0.05, 0.1) is 20.8 Å². The Morgan fingerprint density at radius 2 is 1.90 bits per heavy atom. The number of ether oxygens (including phenoxy) is 3. The van der Waals surface area contributed by atoms with Crippen molar-refractivity contribution in [3.05, 3.63) is 29.3 Å². The molecule has 0 spiro atoms. The van der Waals surface area contributed by atoms with Gasteiger partial charge in [0, 0.05) is 5.56 Å². The SMILES string of the molecule is CCOC(=O)/C(=C\c1cc(OC)ccc1OC)C(C)=O. The van der Waals surface area contributed by atoms with E-state index in [2.05, 4.69) is 0 Å². The lowest BCUT2D eigenvalue weighted by Gasteiger charge is -2.09. The second kappa shape index (κ2) is 7.33. The van der Waals surface area contributed by atoms with Gasteiger partial charge >= 0.3 is 5.97 Å². The van der Waals surface area contributed by atoms with Crippen molar-refractivity contribution >= 4 is 17.8 Å². The van der Waals surface area contributed by atoms with Crippen LogP contribution in [0.15, 0.2) is 23.8 Å². The highest BCUT2D eigenvalue weighted by Gasteiger charge is 2.17. The first-order valence-electron chi connectivity index (χ1n) is 6.15. The summed E-state index contributed by atoms with van der Waals surface area (Å²) in [5, 5.41) is 0. The summed E-state index contributed by atoms with van der Waals surface area (Å²) in [6.07, 6.45) is 1.45. The summed E-state index contributed by atoms with van der Waals surface area (Å²) in [4.78, 5) is 23.3. The summed E-state index contributed by atoms with van der Waals surface area (Å²) in [6.45, 7) is 3.20. The number of Topliss-reactive ketones (excluding diaryl/α,β-unsaturated/α-hetero) is 1. The van der Waals surface area contributed by atoms with E-state index in [9.17, 15) is 9.59 Å². The predicted octanol–water partition coefficient (Wildman–Crippen LogP) is 2.24. The molecule has 0 aliphatic carbocycles. The van der Waals surface area contributed by atoms with E-state index in [0.29, 0.717) is 17.1 Å². The van der Waals surface area contributed by atoms with Crippen LogP contribution in [0.1, 0.15) is 19.4 Å². The van der Waals surface area contributed by atoms with Crippen LogP contribution in [0, 0.1) is 0 Å². The molecule has 1 rings (SSSR count). The van der Waals surface area contributed by atoms with E-state index in [1.807, 2.05) is 0 Å². The molecule has 0 aliphatic heterocycles. The third kappa shape index (κ3) is 3.85. The molecule has 0 aromatic heterocycles. The van der Waals surface area contributed by atoms with E-state index >= 15 is 0 Å². The van der Waals surface area contributed by atoms with Crippen LogP contribution in [0.25, 0.3) is 6.08 Å². The number of hydrogen-bond donors (Lipinski definition) is 0. The van der Waals surface area contributed by atoms with E-state index in [0.717, 1.165) is 0 Å². The largest absolute Gasteiger partial charge is 0.497 e. The van der Waals surface area contributed by atoms with Crippen molar-refractivity contribution in [1.82, 2.24) is 0 Å². The van der Waals surface area contributed by atoms with Gasteiger partial charge in [0.25, 0.3) is 0 Å². The Bertz CT molecular complexity index is 531. The van der Waals surface area contributed by atoms with Gasteiger partial charge in [-0.05, 0) is 38.1 Å². The lowest BCUT2D eigenvalue weighted by molar-refractivity contribution is -0.139. The molecule has 108 valence electrons. The van der Waals surface area contributed by atoms with Crippen molar-refractivity contribution in [1.29, 1.82) is 0 Å². The van der Waals surface area contributed by atoms with E-state index < -0.39 is 5.97 Å². The van der Waals surface area contributed by atoms with Gasteiger partial charge in [0.15, 0.2) is 5.78 Å². The van der Waals surface area contributed by atoms with Crippen LogP contribution in [-0.2, 0) is 14.3 Å². The zero-order valence-electron chi connectivity index (χ0n) is 12.1. The lowest BCUT2D eigenvalue weighted by Crippen LogP contribution is -2.13. The summed E-state index contributed by atoms with van der Waals surface area (Å²) >= 11 is 0. The maximum absolute atomic E-state index is 11.8. The molecular formula is C15H18O5. The van der Waals surface area contributed by atoms with Crippen LogP contribution in [0.4, 0.5) is 0 Å². The molecule has 5 heteroatoms. The number of benzene rings is 1. The fourth-order valence-electron chi connectivity index (χ4n) is 1.62. The van der Waals surface area contributed by atoms with Crippen LogP contribution in [0.3, 0.4) is 0 Å². The number of carbonyl (C=O) groups excluding carboxylic acids is 2. The van der Waals surface area contributed by atoms with Crippen molar-refractivity contribution in [3.8, 4) is 11.5 Å². The Hall–Kier alpha value is -2.30. The Labute approximate surface area is 118 Å². The molecular weight excluding hydrogens is 260 g/mol. The van der Waals surface area contributed by atoms with Gasteiger partial charge < -0.3 is 14.2 Å². The van der Waals surface area contributed by atoms with Gasteiger partial charge in [-0.1, -0.05) is 0 Å². The predicted molar refractivity (Wildman–Crippen MR) is 74.8 cm³/mol. The Morgan fingerprint density at radius 1 is 1.20 bits per heavy atom. The Balaban J connectivity index is 3.28. The van der Waals surface area contributed by atoms with E-state index in [1.54, 1.807) is 25.1 Å². The van der Waals surface area contributed by atoms with Crippen molar-refractivity contribution in [2.45, 2.75) is 13.8 Å². The van der Waals surface area contributed by atoms with Crippen molar-refractivity contribution in [2.24, 2.45) is 0 Å². The van der Waals surface area contributed by atoms with Gasteiger partial charge in [-0.15, -0.1) is 0 Å². The van der Waals surface area contributed by atoms with Crippen LogP contribution < -0.4 is 9.47 Å². The quantitative estimate of drug-likeness (QED) is 0.345. The van der Waals surface area contributed by atoms with Gasteiger partial charge in [-0.25, -0.2) is 4.79 Å². The first kappa shape index (κ1) is 15.8. The Kier molecular flexibility index (Phi) is 5.77. The average Bonchev–Trinajstić information content (AvgIpc) is 2.44. The van der Waals surface area contributed by atoms with Crippen molar-refractivity contribution < 1.29 is 23.8 Å². The van der Waals surface area contributed by atoms with Gasteiger partial charge in [-0.3, -0.25) is 4.79 Å². The second-order valence-corrected chi connectivity index (χ2v) is 3.94. The molecule has 0 N–H and O–H groups in total. The van der Waals surface area contributed by atoms with Crippen LogP contribution >= 0.6 is 0 Å². The molecule has 0 saturated carbocycles. The summed E-state index contributed by atoms with van der Waals surface area (Å²) < 4.78 is 15.2. The molecule has 1 aromatic rings. The number of hydrogen-bond acceptors (Lipinski definition) is 5. The Morgan fingerprint density at radius 3 is 2.40 bits per heavy atom. The molecule has 0 unspecified atom stereocenters. The van der Waals surface area contributed by atoms with Gasteiger partial charge in [0.2, 0.25) is 0 Å². The molecule has 5 nitrogen and oxygen atoms in total. The fraction of sp³-hybridized carbons (Fsp3) is 0.333. The molecule has 0 heterocycles. The number of esters is 1. The highest BCUT2D eigenvalue weighted by Crippen LogP contribution is 2.26. The molecule has 0 fully saturated rings.